The molecule has 0 amide bonds. The first-order valence-corrected chi connectivity index (χ1v) is 10.8. The molecule has 2 heterocycles. The molecule has 29 heavy (non-hydrogen) atoms. The highest BCUT2D eigenvalue weighted by Gasteiger charge is 2.39. The van der Waals surface area contributed by atoms with E-state index in [2.05, 4.69) is 51.4 Å². The lowest BCUT2D eigenvalue weighted by Gasteiger charge is -2.44. The summed E-state index contributed by atoms with van der Waals surface area (Å²) in [5, 5.41) is 3.40. The maximum Gasteiger partial charge on any atom is 0.257 e. The molecule has 0 radical (unpaired) electrons. The number of allylic oxidation sites excluding steroid dienone is 2. The molecule has 3 atom stereocenters. The molecule has 1 aromatic carbocycles. The van der Waals surface area contributed by atoms with Gasteiger partial charge in [0.05, 0.1) is 25.0 Å². The number of dihydropyridines is 1. The van der Waals surface area contributed by atoms with Gasteiger partial charge in [-0.2, -0.15) is 0 Å². The van der Waals surface area contributed by atoms with Gasteiger partial charge in [0.1, 0.15) is 0 Å². The average molecular weight is 467 g/mol. The molecular weight excluding hydrogens is 438 g/mol. The Bertz CT molecular complexity index is 829. The van der Waals surface area contributed by atoms with Crippen molar-refractivity contribution >= 4 is 22.3 Å². The summed E-state index contributed by atoms with van der Waals surface area (Å²) in [7, 11) is 0. The van der Waals surface area contributed by atoms with Crippen molar-refractivity contribution in [3.05, 3.63) is 57.2 Å². The number of fused-ring (bicyclic) bond motifs is 1. The smallest absolute Gasteiger partial charge is 0.257 e. The molecule has 1 aromatic rings. The number of rotatable bonds is 6. The topological polar surface area (TPSA) is 53.6 Å². The molecule has 0 aliphatic carbocycles. The second-order valence-corrected chi connectivity index (χ2v) is 8.99. The molecule has 3 N–H and O–H groups in total. The Morgan fingerprint density at radius 3 is 2.76 bits per heavy atom. The Labute approximate surface area is 180 Å². The van der Waals surface area contributed by atoms with Crippen molar-refractivity contribution in [3.8, 4) is 0 Å². The van der Waals surface area contributed by atoms with Gasteiger partial charge < -0.3 is 11.1 Å². The number of nitrogens with zero attached hydrogens (tertiary/aromatic N) is 2. The van der Waals surface area contributed by atoms with Gasteiger partial charge in [-0.1, -0.05) is 41.1 Å². The number of benzene rings is 1. The molecule has 2 unspecified atom stereocenters. The third-order valence-electron chi connectivity index (χ3n) is 5.57. The zero-order chi connectivity index (χ0) is 21.2. The van der Waals surface area contributed by atoms with E-state index in [0.29, 0.717) is 6.54 Å². The van der Waals surface area contributed by atoms with E-state index >= 15 is 0 Å². The van der Waals surface area contributed by atoms with Gasteiger partial charge >= 0.3 is 0 Å². The van der Waals surface area contributed by atoms with Gasteiger partial charge in [-0.05, 0) is 48.6 Å². The van der Waals surface area contributed by atoms with E-state index in [4.69, 9.17) is 5.73 Å². The first-order valence-electron chi connectivity index (χ1n) is 10.0. The lowest BCUT2D eigenvalue weighted by Crippen LogP contribution is -2.49. The Balaban J connectivity index is 2.06. The average Bonchev–Trinajstić information content (AvgIpc) is 2.66. The maximum atomic E-state index is 14.0. The Kier molecular flexibility index (Phi) is 6.79. The van der Waals surface area contributed by atoms with Gasteiger partial charge in [-0.25, -0.2) is 8.78 Å². The standard InChI is InChI=1S/C22H29BrF2N4/c1-4-19(28-13-26)15-5-7-18-16(10-15)9-14(2)29(12-22(3,24)25)21(18)20-8-6-17(23)11-27-20/h5-8,10,13-14,19,21,27H,4,9,11-12H2,1-3H3,(H2,26,28)/t14-,19?,21?/m1/s1. The normalized spacial score (nSPS) is 23.9. The van der Waals surface area contributed by atoms with Gasteiger partial charge in [0, 0.05) is 29.7 Å². The Hall–Kier alpha value is -1.73. The lowest BCUT2D eigenvalue weighted by molar-refractivity contribution is -0.0375. The third-order valence-corrected chi connectivity index (χ3v) is 6.12. The summed E-state index contributed by atoms with van der Waals surface area (Å²) in [5.74, 6) is -2.77. The molecule has 4 nitrogen and oxygen atoms in total. The summed E-state index contributed by atoms with van der Waals surface area (Å²) < 4.78 is 29.1. The molecular formula is C22H29BrF2N4. The van der Waals surface area contributed by atoms with Crippen LogP contribution >= 0.6 is 15.9 Å². The van der Waals surface area contributed by atoms with Crippen LogP contribution in [0.3, 0.4) is 0 Å². The minimum atomic E-state index is -2.77. The number of halogens is 3. The van der Waals surface area contributed by atoms with Crippen molar-refractivity contribution in [2.75, 3.05) is 13.1 Å². The fourth-order valence-corrected chi connectivity index (χ4v) is 4.53. The van der Waals surface area contributed by atoms with Crippen LogP contribution in [0, 0.1) is 0 Å². The van der Waals surface area contributed by atoms with Crippen molar-refractivity contribution in [1.29, 1.82) is 0 Å². The van der Waals surface area contributed by atoms with E-state index in [1.54, 1.807) is 0 Å². The molecule has 3 rings (SSSR count). The molecule has 0 spiro atoms. The number of hydrogen-bond donors (Lipinski definition) is 2. The molecule has 2 aliphatic rings. The molecule has 0 saturated carbocycles. The van der Waals surface area contributed by atoms with Gasteiger partial charge in [-0.15, -0.1) is 0 Å². The Morgan fingerprint density at radius 1 is 1.41 bits per heavy atom. The first-order chi connectivity index (χ1) is 13.7. The predicted molar refractivity (Wildman–Crippen MR) is 118 cm³/mol. The minimum Gasteiger partial charge on any atom is -0.390 e. The largest absolute Gasteiger partial charge is 0.390 e. The van der Waals surface area contributed by atoms with Crippen molar-refractivity contribution < 1.29 is 8.78 Å². The van der Waals surface area contributed by atoms with Crippen LogP contribution in [-0.2, 0) is 6.42 Å². The quantitative estimate of drug-likeness (QED) is 0.466. The predicted octanol–water partition coefficient (Wildman–Crippen LogP) is 4.83. The van der Waals surface area contributed by atoms with Gasteiger partial charge in [0.25, 0.3) is 5.92 Å². The van der Waals surface area contributed by atoms with Gasteiger partial charge in [0.15, 0.2) is 0 Å². The van der Waals surface area contributed by atoms with Gasteiger partial charge in [-0.3, -0.25) is 9.89 Å². The summed E-state index contributed by atoms with van der Waals surface area (Å²) in [6.07, 6.45) is 6.91. The summed E-state index contributed by atoms with van der Waals surface area (Å²) >= 11 is 3.49. The van der Waals surface area contributed by atoms with Crippen LogP contribution in [0.25, 0.3) is 0 Å². The van der Waals surface area contributed by atoms with Gasteiger partial charge in [0.2, 0.25) is 0 Å². The van der Waals surface area contributed by atoms with Crippen molar-refractivity contribution in [2.24, 2.45) is 10.7 Å². The number of alkyl halides is 2. The summed E-state index contributed by atoms with van der Waals surface area (Å²) in [6.45, 7) is 5.47. The van der Waals surface area contributed by atoms with E-state index in [-0.39, 0.29) is 24.7 Å². The maximum absolute atomic E-state index is 14.0. The summed E-state index contributed by atoms with van der Waals surface area (Å²) in [4.78, 5) is 6.29. The van der Waals surface area contributed by atoms with Crippen LogP contribution in [0.4, 0.5) is 8.78 Å². The highest BCUT2D eigenvalue weighted by molar-refractivity contribution is 9.11. The van der Waals surface area contributed by atoms with E-state index in [9.17, 15) is 8.78 Å². The zero-order valence-electron chi connectivity index (χ0n) is 17.1. The van der Waals surface area contributed by atoms with Crippen LogP contribution < -0.4 is 11.1 Å². The van der Waals surface area contributed by atoms with Crippen LogP contribution in [0.2, 0.25) is 0 Å². The first kappa shape index (κ1) is 22.0. The van der Waals surface area contributed by atoms with Crippen LogP contribution in [0.15, 0.2) is 45.5 Å². The highest BCUT2D eigenvalue weighted by Crippen LogP contribution is 2.40. The van der Waals surface area contributed by atoms with Crippen LogP contribution in [0.5, 0.6) is 0 Å². The van der Waals surface area contributed by atoms with E-state index in [1.165, 1.54) is 11.9 Å². The summed E-state index contributed by atoms with van der Waals surface area (Å²) in [6, 6.07) is 6.08. The summed E-state index contributed by atoms with van der Waals surface area (Å²) in [5.41, 5.74) is 9.85. The Morgan fingerprint density at radius 2 is 2.17 bits per heavy atom. The van der Waals surface area contributed by atoms with Crippen molar-refractivity contribution in [3.63, 3.8) is 0 Å². The molecule has 0 aromatic heterocycles. The van der Waals surface area contributed by atoms with E-state index < -0.39 is 5.92 Å². The van der Waals surface area contributed by atoms with E-state index in [1.807, 2.05) is 24.0 Å². The zero-order valence-corrected chi connectivity index (χ0v) is 18.7. The molecule has 158 valence electrons. The molecule has 0 bridgehead atoms. The van der Waals surface area contributed by atoms with E-state index in [0.717, 1.165) is 41.1 Å². The lowest BCUT2D eigenvalue weighted by atomic mass is 9.84. The molecule has 0 saturated heterocycles. The molecule has 2 aliphatic heterocycles. The SMILES string of the molecule is CCC(N=CN)c1ccc2c(c1)C[C@@H](C)N(CC(C)(F)F)C2C1=CC=C(Br)CN1. The van der Waals surface area contributed by atoms with Crippen molar-refractivity contribution in [2.45, 2.75) is 57.7 Å². The number of nitrogens with two attached hydrogens (primary N) is 1. The van der Waals surface area contributed by atoms with Crippen molar-refractivity contribution in [1.82, 2.24) is 10.2 Å². The molecule has 0 fully saturated rings. The fraction of sp³-hybridized carbons (Fsp3) is 0.500. The highest BCUT2D eigenvalue weighted by atomic mass is 79.9. The fourth-order valence-electron chi connectivity index (χ4n) is 4.26. The monoisotopic (exact) mass is 466 g/mol. The van der Waals surface area contributed by atoms with Crippen LogP contribution in [-0.4, -0.2) is 36.3 Å². The van der Waals surface area contributed by atoms with Crippen LogP contribution in [0.1, 0.15) is 56.0 Å². The minimum absolute atomic E-state index is 0.0105. The number of hydrogen-bond acceptors (Lipinski definition) is 3. The third kappa shape index (κ3) is 5.07. The number of aliphatic imine (C=N–C) groups is 1. The second-order valence-electron chi connectivity index (χ2n) is 7.97. The number of nitrogens with one attached hydrogen (secondary N) is 1. The second kappa shape index (κ2) is 8.96. The molecule has 7 heteroatoms.